The molecule has 1 aliphatic carbocycles. The van der Waals surface area contributed by atoms with E-state index in [0.717, 1.165) is 12.0 Å². The van der Waals surface area contributed by atoms with Crippen LogP contribution in [0.3, 0.4) is 0 Å². The summed E-state index contributed by atoms with van der Waals surface area (Å²) in [5.74, 6) is 0.951. The minimum Gasteiger partial charge on any atom is -0.327 e. The summed E-state index contributed by atoms with van der Waals surface area (Å²) in [6.45, 7) is 2.13. The van der Waals surface area contributed by atoms with Crippen LogP contribution in [0.1, 0.15) is 24.8 Å². The lowest BCUT2D eigenvalue weighted by Crippen LogP contribution is -2.44. The third kappa shape index (κ3) is 1.72. The molecule has 0 spiro atoms. The summed E-state index contributed by atoms with van der Waals surface area (Å²) in [4.78, 5) is 10.1. The molecule has 0 heterocycles. The molecule has 2 rings (SSSR count). The maximum atomic E-state index is 10.5. The molecule has 80 valence electrons. The Balaban J connectivity index is 2.14. The predicted molar refractivity (Wildman–Crippen MR) is 57.6 cm³/mol. The first-order valence-corrected chi connectivity index (χ1v) is 5.09. The lowest BCUT2D eigenvalue weighted by Gasteiger charge is -2.40. The van der Waals surface area contributed by atoms with Gasteiger partial charge in [0.2, 0.25) is 0 Å². The monoisotopic (exact) mass is 206 g/mol. The largest absolute Gasteiger partial charge is 0.327 e. The van der Waals surface area contributed by atoms with Gasteiger partial charge in [-0.2, -0.15) is 0 Å². The number of nitrogens with two attached hydrogens (primary N) is 1. The van der Waals surface area contributed by atoms with Gasteiger partial charge < -0.3 is 5.73 Å². The molecule has 0 bridgehead atoms. The van der Waals surface area contributed by atoms with Gasteiger partial charge in [0.25, 0.3) is 5.69 Å². The maximum Gasteiger partial charge on any atom is 0.269 e. The number of nitro benzene ring substituents is 1. The van der Waals surface area contributed by atoms with Crippen molar-refractivity contribution >= 4 is 5.69 Å². The van der Waals surface area contributed by atoms with Crippen LogP contribution in [-0.4, -0.2) is 11.0 Å². The van der Waals surface area contributed by atoms with E-state index in [4.69, 9.17) is 5.73 Å². The van der Waals surface area contributed by atoms with Crippen LogP contribution in [-0.2, 0) is 0 Å². The van der Waals surface area contributed by atoms with Crippen molar-refractivity contribution < 1.29 is 4.92 Å². The van der Waals surface area contributed by atoms with Gasteiger partial charge in [0.15, 0.2) is 0 Å². The fraction of sp³-hybridized carbons (Fsp3) is 0.455. The van der Waals surface area contributed by atoms with Crippen molar-refractivity contribution in [2.24, 2.45) is 11.7 Å². The van der Waals surface area contributed by atoms with Gasteiger partial charge in [0.1, 0.15) is 0 Å². The van der Waals surface area contributed by atoms with Gasteiger partial charge in [-0.25, -0.2) is 0 Å². The number of benzene rings is 1. The Kier molecular flexibility index (Phi) is 2.44. The summed E-state index contributed by atoms with van der Waals surface area (Å²) in [6.07, 6.45) is 0.985. The third-order valence-electron chi connectivity index (χ3n) is 3.37. The highest BCUT2D eigenvalue weighted by atomic mass is 16.6. The second-order valence-corrected chi connectivity index (χ2v) is 4.21. The van der Waals surface area contributed by atoms with Crippen LogP contribution < -0.4 is 5.73 Å². The van der Waals surface area contributed by atoms with Crippen molar-refractivity contribution in [1.82, 2.24) is 0 Å². The van der Waals surface area contributed by atoms with E-state index in [0.29, 0.717) is 11.8 Å². The molecule has 4 heteroatoms. The van der Waals surface area contributed by atoms with Gasteiger partial charge >= 0.3 is 0 Å². The molecule has 1 saturated carbocycles. The van der Waals surface area contributed by atoms with Crippen molar-refractivity contribution in [3.8, 4) is 0 Å². The number of hydrogen-bond donors (Lipinski definition) is 1. The van der Waals surface area contributed by atoms with E-state index >= 15 is 0 Å². The fourth-order valence-corrected chi connectivity index (χ4v) is 2.11. The molecule has 3 unspecified atom stereocenters. The molecule has 2 N–H and O–H groups in total. The number of nitrogens with zero attached hydrogens (tertiary/aromatic N) is 1. The van der Waals surface area contributed by atoms with Crippen LogP contribution in [0.15, 0.2) is 24.3 Å². The first-order valence-electron chi connectivity index (χ1n) is 5.09. The fourth-order valence-electron chi connectivity index (χ4n) is 2.11. The Morgan fingerprint density at radius 3 is 2.40 bits per heavy atom. The van der Waals surface area contributed by atoms with Crippen LogP contribution in [0.25, 0.3) is 0 Å². The summed E-state index contributed by atoms with van der Waals surface area (Å²) in [7, 11) is 0. The number of non-ortho nitro benzene ring substituents is 1. The molecular formula is C11H14N2O2. The lowest BCUT2D eigenvalue weighted by molar-refractivity contribution is -0.384. The molecule has 0 aromatic heterocycles. The first kappa shape index (κ1) is 10.1. The summed E-state index contributed by atoms with van der Waals surface area (Å²) in [6, 6.07) is 7.08. The average molecular weight is 206 g/mol. The topological polar surface area (TPSA) is 69.2 Å². The van der Waals surface area contributed by atoms with Gasteiger partial charge in [-0.15, -0.1) is 0 Å². The van der Waals surface area contributed by atoms with E-state index in [1.165, 1.54) is 0 Å². The second-order valence-electron chi connectivity index (χ2n) is 4.21. The highest BCUT2D eigenvalue weighted by Gasteiger charge is 2.35. The highest BCUT2D eigenvalue weighted by Crippen LogP contribution is 2.41. The van der Waals surface area contributed by atoms with E-state index in [1.807, 2.05) is 12.1 Å². The lowest BCUT2D eigenvalue weighted by atomic mass is 9.67. The van der Waals surface area contributed by atoms with Crippen LogP contribution in [0, 0.1) is 16.0 Å². The van der Waals surface area contributed by atoms with Gasteiger partial charge in [-0.1, -0.05) is 19.1 Å². The van der Waals surface area contributed by atoms with E-state index in [-0.39, 0.29) is 16.7 Å². The molecule has 3 atom stereocenters. The third-order valence-corrected chi connectivity index (χ3v) is 3.37. The molecule has 0 aliphatic heterocycles. The minimum absolute atomic E-state index is 0.148. The quantitative estimate of drug-likeness (QED) is 0.594. The molecule has 0 saturated heterocycles. The van der Waals surface area contributed by atoms with Crippen molar-refractivity contribution in [3.63, 3.8) is 0 Å². The molecule has 15 heavy (non-hydrogen) atoms. The van der Waals surface area contributed by atoms with Crippen molar-refractivity contribution in [3.05, 3.63) is 39.9 Å². The molecule has 4 nitrogen and oxygen atoms in total. The standard InChI is InChI=1S/C11H14N2O2/c1-7-10(6-11(7)12)8-2-4-9(5-3-8)13(14)15/h2-5,7,10-11H,6,12H2,1H3. The molecular weight excluding hydrogens is 192 g/mol. The molecule has 1 aromatic carbocycles. The summed E-state index contributed by atoms with van der Waals surface area (Å²) in [5, 5.41) is 10.5. The van der Waals surface area contributed by atoms with Gasteiger partial charge in [-0.05, 0) is 23.8 Å². The minimum atomic E-state index is -0.375. The van der Waals surface area contributed by atoms with Gasteiger partial charge in [0.05, 0.1) is 4.92 Å². The highest BCUT2D eigenvalue weighted by molar-refractivity contribution is 5.35. The summed E-state index contributed by atoms with van der Waals surface area (Å²) < 4.78 is 0. The zero-order valence-corrected chi connectivity index (χ0v) is 8.59. The summed E-state index contributed by atoms with van der Waals surface area (Å²) >= 11 is 0. The normalized spacial score (nSPS) is 29.6. The molecule has 1 fully saturated rings. The second kappa shape index (κ2) is 3.62. The SMILES string of the molecule is CC1C(N)CC1c1ccc([N+](=O)[O-])cc1. The van der Waals surface area contributed by atoms with E-state index < -0.39 is 0 Å². The van der Waals surface area contributed by atoms with E-state index in [1.54, 1.807) is 12.1 Å². The zero-order chi connectivity index (χ0) is 11.0. The number of rotatable bonds is 2. The van der Waals surface area contributed by atoms with Gasteiger partial charge in [0, 0.05) is 18.2 Å². The number of nitro groups is 1. The van der Waals surface area contributed by atoms with Crippen molar-refractivity contribution in [1.29, 1.82) is 0 Å². The van der Waals surface area contributed by atoms with E-state index in [2.05, 4.69) is 6.92 Å². The summed E-state index contributed by atoms with van der Waals surface area (Å²) in [5.41, 5.74) is 7.13. The zero-order valence-electron chi connectivity index (χ0n) is 8.59. The Hall–Kier alpha value is -1.42. The molecule has 0 amide bonds. The molecule has 1 aromatic rings. The first-order chi connectivity index (χ1) is 7.09. The predicted octanol–water partition coefficient (Wildman–Crippen LogP) is 2.05. The van der Waals surface area contributed by atoms with Crippen molar-refractivity contribution in [2.75, 3.05) is 0 Å². The van der Waals surface area contributed by atoms with E-state index in [9.17, 15) is 10.1 Å². The van der Waals surface area contributed by atoms with Crippen molar-refractivity contribution in [2.45, 2.75) is 25.3 Å². The van der Waals surface area contributed by atoms with Crippen LogP contribution >= 0.6 is 0 Å². The maximum absolute atomic E-state index is 10.5. The molecule has 1 aliphatic rings. The van der Waals surface area contributed by atoms with Gasteiger partial charge in [-0.3, -0.25) is 10.1 Å². The average Bonchev–Trinajstić information content (AvgIpc) is 2.25. The smallest absolute Gasteiger partial charge is 0.269 e. The van der Waals surface area contributed by atoms with Crippen LogP contribution in [0.2, 0.25) is 0 Å². The Morgan fingerprint density at radius 1 is 1.40 bits per heavy atom. The molecule has 0 radical (unpaired) electrons. The number of hydrogen-bond acceptors (Lipinski definition) is 3. The van der Waals surface area contributed by atoms with Crippen LogP contribution in [0.5, 0.6) is 0 Å². The Morgan fingerprint density at radius 2 is 2.00 bits per heavy atom. The van der Waals surface area contributed by atoms with Crippen LogP contribution in [0.4, 0.5) is 5.69 Å². The Bertz CT molecular complexity index is 375. The Labute approximate surface area is 88.2 Å².